The highest BCUT2D eigenvalue weighted by atomic mass is 16.5. The Balaban J connectivity index is 1.82. The Morgan fingerprint density at radius 3 is 1.74 bits per heavy atom. The molecule has 0 bridgehead atoms. The molecule has 10 nitrogen and oxygen atoms in total. The predicted molar refractivity (Wildman–Crippen MR) is 145 cm³/mol. The first-order valence-electron chi connectivity index (χ1n) is 12.1. The maximum Gasteiger partial charge on any atom is 0.274 e. The van der Waals surface area contributed by atoms with Crippen LogP contribution in [0.15, 0.2) is 53.6 Å². The smallest absolute Gasteiger partial charge is 0.274 e. The molecule has 206 valence electrons. The molecule has 0 aliphatic carbocycles. The third-order valence-electron chi connectivity index (χ3n) is 6.54. The predicted octanol–water partition coefficient (Wildman–Crippen LogP) is 4.74. The number of ether oxygens (including phenoxy) is 7. The van der Waals surface area contributed by atoms with Gasteiger partial charge in [0, 0.05) is 17.5 Å². The Kier molecular flexibility index (Phi) is 8.33. The molecular formula is C29H32N2O8. The molecule has 0 fully saturated rings. The first-order chi connectivity index (χ1) is 18.9. The van der Waals surface area contributed by atoms with Crippen molar-refractivity contribution in [2.24, 2.45) is 5.10 Å². The van der Waals surface area contributed by atoms with Gasteiger partial charge in [-0.25, -0.2) is 5.01 Å². The van der Waals surface area contributed by atoms with Crippen LogP contribution < -0.4 is 33.2 Å². The van der Waals surface area contributed by atoms with Gasteiger partial charge in [-0.15, -0.1) is 0 Å². The van der Waals surface area contributed by atoms with Crippen molar-refractivity contribution in [1.82, 2.24) is 5.01 Å². The first-order valence-corrected chi connectivity index (χ1v) is 12.1. The van der Waals surface area contributed by atoms with Gasteiger partial charge in [-0.1, -0.05) is 6.07 Å². The summed E-state index contributed by atoms with van der Waals surface area (Å²) in [4.78, 5) is 14.0. The molecule has 0 saturated heterocycles. The van der Waals surface area contributed by atoms with Gasteiger partial charge in [-0.2, -0.15) is 5.10 Å². The highest BCUT2D eigenvalue weighted by molar-refractivity contribution is 6.05. The normalized spacial score (nSPS) is 14.4. The fourth-order valence-corrected chi connectivity index (χ4v) is 4.54. The number of amides is 1. The van der Waals surface area contributed by atoms with E-state index >= 15 is 0 Å². The summed E-state index contributed by atoms with van der Waals surface area (Å²) in [7, 11) is 10.8. The van der Waals surface area contributed by atoms with Crippen molar-refractivity contribution in [3.63, 3.8) is 0 Å². The summed E-state index contributed by atoms with van der Waals surface area (Å²) >= 11 is 0. The lowest BCUT2D eigenvalue weighted by Gasteiger charge is -2.23. The van der Waals surface area contributed by atoms with E-state index < -0.39 is 6.04 Å². The lowest BCUT2D eigenvalue weighted by molar-refractivity contribution is 0.0710. The average Bonchev–Trinajstić information content (AvgIpc) is 3.44. The number of carbonyl (C=O) groups excluding carboxylic acids is 1. The molecule has 3 aromatic carbocycles. The number of nitrogens with zero attached hydrogens (tertiary/aromatic N) is 2. The van der Waals surface area contributed by atoms with Crippen LogP contribution in [0.2, 0.25) is 0 Å². The monoisotopic (exact) mass is 536 g/mol. The van der Waals surface area contributed by atoms with E-state index in [0.29, 0.717) is 57.9 Å². The van der Waals surface area contributed by atoms with Crippen LogP contribution in [0.25, 0.3) is 0 Å². The molecule has 1 atom stereocenters. The van der Waals surface area contributed by atoms with E-state index in [0.717, 1.165) is 11.1 Å². The van der Waals surface area contributed by atoms with Gasteiger partial charge in [-0.3, -0.25) is 4.79 Å². The van der Waals surface area contributed by atoms with Crippen molar-refractivity contribution in [2.75, 3.05) is 49.8 Å². The van der Waals surface area contributed by atoms with Crippen LogP contribution in [0.4, 0.5) is 0 Å². The maximum absolute atomic E-state index is 14.0. The van der Waals surface area contributed by atoms with Crippen LogP contribution in [0.1, 0.15) is 33.9 Å². The minimum atomic E-state index is -0.431. The van der Waals surface area contributed by atoms with Crippen LogP contribution in [0.5, 0.6) is 40.2 Å². The fourth-order valence-electron chi connectivity index (χ4n) is 4.54. The molecule has 1 heterocycles. The molecule has 0 spiro atoms. The zero-order chi connectivity index (χ0) is 28.1. The van der Waals surface area contributed by atoms with Gasteiger partial charge in [0.15, 0.2) is 34.5 Å². The molecule has 0 aromatic heterocycles. The third kappa shape index (κ3) is 5.22. The number of rotatable bonds is 10. The highest BCUT2D eigenvalue weighted by Crippen LogP contribution is 2.42. The van der Waals surface area contributed by atoms with Crippen molar-refractivity contribution in [3.05, 3.63) is 65.2 Å². The average molecular weight is 537 g/mol. The van der Waals surface area contributed by atoms with Crippen LogP contribution in [0.3, 0.4) is 0 Å². The number of methoxy groups -OCH3 is 7. The number of carbonyl (C=O) groups is 1. The van der Waals surface area contributed by atoms with Crippen molar-refractivity contribution in [2.45, 2.75) is 12.5 Å². The van der Waals surface area contributed by atoms with Crippen LogP contribution >= 0.6 is 0 Å². The van der Waals surface area contributed by atoms with E-state index in [4.69, 9.17) is 38.3 Å². The summed E-state index contributed by atoms with van der Waals surface area (Å²) in [6, 6.07) is 13.9. The molecule has 1 amide bonds. The van der Waals surface area contributed by atoms with E-state index in [2.05, 4.69) is 0 Å². The molecule has 0 saturated carbocycles. The second kappa shape index (κ2) is 11.8. The zero-order valence-corrected chi connectivity index (χ0v) is 23.1. The van der Waals surface area contributed by atoms with Gasteiger partial charge in [0.1, 0.15) is 0 Å². The minimum Gasteiger partial charge on any atom is -0.493 e. The summed E-state index contributed by atoms with van der Waals surface area (Å²) < 4.78 is 38.2. The summed E-state index contributed by atoms with van der Waals surface area (Å²) in [5.41, 5.74) is 2.66. The molecule has 0 N–H and O–H groups in total. The fraction of sp³-hybridized carbons (Fsp3) is 0.310. The standard InChI is InChI=1S/C29H32N2O8/c1-33-22-10-8-17(12-24(22)35-3)20-16-21(18-9-11-23(34-2)25(13-18)36-4)31(30-20)29(32)19-14-26(37-5)28(39-7)27(15-19)38-6/h8-15,21H,16H2,1-7H3/t21-/m0/s1. The molecule has 39 heavy (non-hydrogen) atoms. The van der Waals surface area contributed by atoms with Crippen molar-refractivity contribution in [3.8, 4) is 40.2 Å². The van der Waals surface area contributed by atoms with E-state index in [1.165, 1.54) is 26.3 Å². The molecule has 0 radical (unpaired) electrons. The largest absolute Gasteiger partial charge is 0.493 e. The zero-order valence-electron chi connectivity index (χ0n) is 23.1. The Labute approximate surface area is 227 Å². The van der Waals surface area contributed by atoms with E-state index in [-0.39, 0.29) is 5.91 Å². The molecule has 10 heteroatoms. The van der Waals surface area contributed by atoms with Gasteiger partial charge in [0.25, 0.3) is 5.91 Å². The summed E-state index contributed by atoms with van der Waals surface area (Å²) in [6.07, 6.45) is 0.446. The van der Waals surface area contributed by atoms with Crippen LogP contribution in [-0.4, -0.2) is 66.4 Å². The van der Waals surface area contributed by atoms with Crippen molar-refractivity contribution < 1.29 is 38.0 Å². The Bertz CT molecular complexity index is 1360. The van der Waals surface area contributed by atoms with Crippen molar-refractivity contribution >= 4 is 11.6 Å². The van der Waals surface area contributed by atoms with Crippen LogP contribution in [-0.2, 0) is 0 Å². The van der Waals surface area contributed by atoms with Gasteiger partial charge < -0.3 is 33.2 Å². The Morgan fingerprint density at radius 1 is 0.667 bits per heavy atom. The molecule has 4 rings (SSSR count). The molecular weight excluding hydrogens is 504 g/mol. The number of hydrogen-bond donors (Lipinski definition) is 0. The molecule has 0 unspecified atom stereocenters. The lowest BCUT2D eigenvalue weighted by Crippen LogP contribution is -2.27. The minimum absolute atomic E-state index is 0.326. The summed E-state index contributed by atoms with van der Waals surface area (Å²) in [5, 5.41) is 6.26. The second-order valence-electron chi connectivity index (χ2n) is 8.51. The quantitative estimate of drug-likeness (QED) is 0.367. The van der Waals surface area contributed by atoms with Crippen molar-refractivity contribution in [1.29, 1.82) is 0 Å². The van der Waals surface area contributed by atoms with E-state index in [1.807, 2.05) is 36.4 Å². The Morgan fingerprint density at radius 2 is 1.21 bits per heavy atom. The highest BCUT2D eigenvalue weighted by Gasteiger charge is 2.35. The van der Waals surface area contributed by atoms with Crippen LogP contribution in [0, 0.1) is 0 Å². The topological polar surface area (TPSA) is 97.3 Å². The van der Waals surface area contributed by atoms with Gasteiger partial charge in [0.2, 0.25) is 5.75 Å². The summed E-state index contributed by atoms with van der Waals surface area (Å²) in [5.74, 6) is 3.08. The number of hydrogen-bond acceptors (Lipinski definition) is 9. The number of benzene rings is 3. The maximum atomic E-state index is 14.0. The number of hydrazone groups is 1. The molecule has 1 aliphatic heterocycles. The molecule has 3 aromatic rings. The second-order valence-corrected chi connectivity index (χ2v) is 8.51. The van der Waals surface area contributed by atoms with Gasteiger partial charge in [0.05, 0.1) is 61.5 Å². The third-order valence-corrected chi connectivity index (χ3v) is 6.54. The van der Waals surface area contributed by atoms with E-state index in [9.17, 15) is 4.79 Å². The van der Waals surface area contributed by atoms with Gasteiger partial charge >= 0.3 is 0 Å². The molecule has 1 aliphatic rings. The van der Waals surface area contributed by atoms with Gasteiger partial charge in [-0.05, 0) is 48.0 Å². The SMILES string of the molecule is COc1ccc(C2=NN(C(=O)c3cc(OC)c(OC)c(OC)c3)[C@H](c3ccc(OC)c(OC)c3)C2)cc1OC. The lowest BCUT2D eigenvalue weighted by atomic mass is 9.97. The van der Waals surface area contributed by atoms with E-state index in [1.54, 1.807) is 40.6 Å². The Hall–Kier alpha value is -4.60. The first kappa shape index (κ1) is 27.4. The summed E-state index contributed by atoms with van der Waals surface area (Å²) in [6.45, 7) is 0.